The topological polar surface area (TPSA) is 81.1 Å². The number of aromatic nitrogens is 2. The minimum atomic E-state index is -3.01. The Balaban J connectivity index is 2.07. The molecule has 0 bridgehead atoms. The van der Waals surface area contributed by atoms with Crippen LogP contribution in [0.4, 0.5) is 0 Å². The molecule has 106 valence electrons. The van der Waals surface area contributed by atoms with Crippen molar-refractivity contribution in [3.05, 3.63) is 18.0 Å². The summed E-state index contributed by atoms with van der Waals surface area (Å²) in [5.41, 5.74) is 0.541. The first-order valence-corrected chi connectivity index (χ1v) is 8.22. The van der Waals surface area contributed by atoms with Crippen LogP contribution in [0.3, 0.4) is 0 Å². The largest absolute Gasteiger partial charge is 0.312 e. The van der Waals surface area contributed by atoms with Crippen molar-refractivity contribution in [2.45, 2.75) is 32.4 Å². The second-order valence-electron chi connectivity index (χ2n) is 5.15. The average molecular weight is 285 g/mol. The van der Waals surface area contributed by atoms with E-state index in [9.17, 15) is 13.2 Å². The minimum Gasteiger partial charge on any atom is -0.312 e. The predicted octanol–water partition coefficient (Wildman–Crippen LogP) is 0.423. The summed E-state index contributed by atoms with van der Waals surface area (Å²) in [4.78, 5) is 12.2. The zero-order valence-electron chi connectivity index (χ0n) is 11.2. The van der Waals surface area contributed by atoms with Gasteiger partial charge in [0.25, 0.3) is 0 Å². The third kappa shape index (κ3) is 3.42. The van der Waals surface area contributed by atoms with Crippen molar-refractivity contribution in [2.75, 3.05) is 18.1 Å². The molecule has 19 heavy (non-hydrogen) atoms. The summed E-state index contributed by atoms with van der Waals surface area (Å²) < 4.78 is 24.7. The first-order valence-electron chi connectivity index (χ1n) is 6.39. The van der Waals surface area contributed by atoms with Crippen LogP contribution in [0, 0.1) is 0 Å². The Morgan fingerprint density at radius 1 is 1.58 bits per heavy atom. The summed E-state index contributed by atoms with van der Waals surface area (Å²) in [6.45, 7) is 4.32. The molecule has 0 radical (unpaired) electrons. The van der Waals surface area contributed by atoms with Gasteiger partial charge in [-0.1, -0.05) is 0 Å². The lowest BCUT2D eigenvalue weighted by atomic mass is 10.1. The molecule has 1 aliphatic rings. The van der Waals surface area contributed by atoms with E-state index in [0.717, 1.165) is 0 Å². The number of carbonyl (C=O) groups excluding carboxylic acids is 1. The molecule has 0 aromatic carbocycles. The number of Topliss-reactive ketones (excluding diaryl/α,β-unsaturated/α-hetero) is 1. The number of hydrogen-bond acceptors (Lipinski definition) is 5. The highest BCUT2D eigenvalue weighted by molar-refractivity contribution is 7.91. The molecule has 0 saturated carbocycles. The van der Waals surface area contributed by atoms with Gasteiger partial charge in [-0.25, -0.2) is 8.42 Å². The highest BCUT2D eigenvalue weighted by Crippen LogP contribution is 2.13. The first kappa shape index (κ1) is 14.2. The lowest BCUT2D eigenvalue weighted by Gasteiger charge is -2.23. The van der Waals surface area contributed by atoms with Crippen LogP contribution >= 0.6 is 0 Å². The number of sulfone groups is 1. The van der Waals surface area contributed by atoms with E-state index >= 15 is 0 Å². The summed E-state index contributed by atoms with van der Waals surface area (Å²) in [7, 11) is -3.01. The van der Waals surface area contributed by atoms with Gasteiger partial charge >= 0.3 is 0 Å². The number of hydrogen-bond donors (Lipinski definition) is 1. The highest BCUT2D eigenvalue weighted by atomic mass is 32.2. The SMILES string of the molecule is CC(C)n1nccc1C(=O)CC1CS(=O)(=O)CCN1. The van der Waals surface area contributed by atoms with Gasteiger partial charge in [-0.2, -0.15) is 5.10 Å². The van der Waals surface area contributed by atoms with E-state index in [1.54, 1.807) is 16.9 Å². The molecule has 0 aliphatic carbocycles. The lowest BCUT2D eigenvalue weighted by molar-refractivity contribution is 0.0959. The summed E-state index contributed by atoms with van der Waals surface area (Å²) in [6, 6.07) is 1.50. The molecule has 2 heterocycles. The molecule has 1 N–H and O–H groups in total. The predicted molar refractivity (Wildman–Crippen MR) is 72.0 cm³/mol. The number of nitrogens with one attached hydrogen (secondary N) is 1. The third-order valence-corrected chi connectivity index (χ3v) is 4.91. The van der Waals surface area contributed by atoms with Crippen LogP contribution in [0.15, 0.2) is 12.3 Å². The van der Waals surface area contributed by atoms with Crippen molar-refractivity contribution in [2.24, 2.45) is 0 Å². The zero-order chi connectivity index (χ0) is 14.0. The zero-order valence-corrected chi connectivity index (χ0v) is 12.0. The van der Waals surface area contributed by atoms with E-state index in [0.29, 0.717) is 12.2 Å². The smallest absolute Gasteiger partial charge is 0.182 e. The average Bonchev–Trinajstić information content (AvgIpc) is 2.76. The van der Waals surface area contributed by atoms with E-state index in [4.69, 9.17) is 0 Å². The second kappa shape index (κ2) is 5.42. The second-order valence-corrected chi connectivity index (χ2v) is 7.38. The molecule has 2 rings (SSSR count). The van der Waals surface area contributed by atoms with E-state index in [-0.39, 0.29) is 35.8 Å². The van der Waals surface area contributed by atoms with Gasteiger partial charge in [-0.15, -0.1) is 0 Å². The normalized spacial score (nSPS) is 22.6. The molecule has 1 unspecified atom stereocenters. The summed E-state index contributed by atoms with van der Waals surface area (Å²) >= 11 is 0. The Morgan fingerprint density at radius 3 is 2.95 bits per heavy atom. The molecular weight excluding hydrogens is 266 g/mol. The molecule has 7 heteroatoms. The van der Waals surface area contributed by atoms with Crippen LogP contribution in [0.5, 0.6) is 0 Å². The maximum Gasteiger partial charge on any atom is 0.182 e. The van der Waals surface area contributed by atoms with Gasteiger partial charge in [0.05, 0.1) is 11.5 Å². The molecule has 1 fully saturated rings. The molecule has 0 amide bonds. The summed E-state index contributed by atoms with van der Waals surface area (Å²) in [6.07, 6.45) is 1.79. The maximum atomic E-state index is 12.2. The summed E-state index contributed by atoms with van der Waals surface area (Å²) in [5.74, 6) is 0.122. The van der Waals surface area contributed by atoms with Crippen molar-refractivity contribution in [1.82, 2.24) is 15.1 Å². The molecule has 1 aromatic heterocycles. The molecule has 6 nitrogen and oxygen atoms in total. The molecule has 0 spiro atoms. The van der Waals surface area contributed by atoms with E-state index in [1.807, 2.05) is 13.8 Å². The van der Waals surface area contributed by atoms with Gasteiger partial charge in [0.2, 0.25) is 0 Å². The molecule has 1 saturated heterocycles. The number of rotatable bonds is 4. The summed E-state index contributed by atoms with van der Waals surface area (Å²) in [5, 5.41) is 7.20. The maximum absolute atomic E-state index is 12.2. The van der Waals surface area contributed by atoms with Crippen molar-refractivity contribution >= 4 is 15.6 Å². The Bertz CT molecular complexity index is 563. The van der Waals surface area contributed by atoms with Crippen LogP contribution < -0.4 is 5.32 Å². The van der Waals surface area contributed by atoms with E-state index in [2.05, 4.69) is 10.4 Å². The molecule has 1 aliphatic heterocycles. The van der Waals surface area contributed by atoms with Crippen LogP contribution in [-0.2, 0) is 9.84 Å². The van der Waals surface area contributed by atoms with Crippen molar-refractivity contribution in [1.29, 1.82) is 0 Å². The van der Waals surface area contributed by atoms with Crippen LogP contribution in [0.25, 0.3) is 0 Å². The van der Waals surface area contributed by atoms with Crippen LogP contribution in [0.2, 0.25) is 0 Å². The lowest BCUT2D eigenvalue weighted by Crippen LogP contribution is -2.46. The fourth-order valence-corrected chi connectivity index (χ4v) is 3.72. The third-order valence-electron chi connectivity index (χ3n) is 3.18. The van der Waals surface area contributed by atoms with Gasteiger partial charge in [0.1, 0.15) is 5.69 Å². The monoisotopic (exact) mass is 285 g/mol. The Hall–Kier alpha value is -1.21. The quantitative estimate of drug-likeness (QED) is 0.811. The van der Waals surface area contributed by atoms with Crippen molar-refractivity contribution < 1.29 is 13.2 Å². The number of ketones is 1. The standard InChI is InChI=1S/C12H19N3O3S/c1-9(2)15-11(3-4-14-15)12(16)7-10-8-19(17,18)6-5-13-10/h3-4,9-10,13H,5-8H2,1-2H3. The van der Waals surface area contributed by atoms with Gasteiger partial charge in [0.15, 0.2) is 15.6 Å². The van der Waals surface area contributed by atoms with Gasteiger partial charge in [-0.3, -0.25) is 9.48 Å². The van der Waals surface area contributed by atoms with E-state index < -0.39 is 9.84 Å². The Kier molecular flexibility index (Phi) is 4.05. The Morgan fingerprint density at radius 2 is 2.32 bits per heavy atom. The van der Waals surface area contributed by atoms with Crippen molar-refractivity contribution in [3.63, 3.8) is 0 Å². The first-order chi connectivity index (χ1) is 8.89. The van der Waals surface area contributed by atoms with Gasteiger partial charge in [0, 0.05) is 31.2 Å². The van der Waals surface area contributed by atoms with Gasteiger partial charge in [-0.05, 0) is 19.9 Å². The molecule has 1 aromatic rings. The number of carbonyl (C=O) groups is 1. The van der Waals surface area contributed by atoms with Crippen LogP contribution in [0.1, 0.15) is 36.8 Å². The molecule has 1 atom stereocenters. The Labute approximate surface area is 113 Å². The van der Waals surface area contributed by atoms with Gasteiger partial charge < -0.3 is 5.32 Å². The molecular formula is C12H19N3O3S. The fourth-order valence-electron chi connectivity index (χ4n) is 2.27. The fraction of sp³-hybridized carbons (Fsp3) is 0.667. The minimum absolute atomic E-state index is 0.0363. The number of nitrogens with zero attached hydrogens (tertiary/aromatic N) is 2. The highest BCUT2D eigenvalue weighted by Gasteiger charge is 2.27. The van der Waals surface area contributed by atoms with Crippen LogP contribution in [-0.4, -0.2) is 48.1 Å². The van der Waals surface area contributed by atoms with Crippen molar-refractivity contribution in [3.8, 4) is 0 Å². The van der Waals surface area contributed by atoms with E-state index in [1.165, 1.54) is 0 Å².